The van der Waals surface area contributed by atoms with Crippen LogP contribution in [0.4, 0.5) is 0 Å². The lowest BCUT2D eigenvalue weighted by Gasteiger charge is -2.13. The molecule has 2 aromatic heterocycles. The van der Waals surface area contributed by atoms with Gasteiger partial charge in [-0.2, -0.15) is 9.61 Å². The van der Waals surface area contributed by atoms with Crippen LogP contribution in [-0.4, -0.2) is 38.0 Å². The summed E-state index contributed by atoms with van der Waals surface area (Å²) in [6, 6.07) is 15.6. The van der Waals surface area contributed by atoms with E-state index in [4.69, 9.17) is 9.47 Å². The molecule has 0 saturated heterocycles. The van der Waals surface area contributed by atoms with Crippen LogP contribution in [0.1, 0.15) is 25.7 Å². The minimum Gasteiger partial charge on any atom is -0.497 e. The fourth-order valence-corrected chi connectivity index (χ4v) is 3.66. The van der Waals surface area contributed by atoms with Gasteiger partial charge < -0.3 is 9.47 Å². The van der Waals surface area contributed by atoms with E-state index in [-0.39, 0.29) is 0 Å². The molecule has 0 bridgehead atoms. The Bertz CT molecular complexity index is 1120. The zero-order valence-corrected chi connectivity index (χ0v) is 16.2. The molecule has 0 amide bonds. The van der Waals surface area contributed by atoms with Gasteiger partial charge in [-0.1, -0.05) is 0 Å². The first-order chi connectivity index (χ1) is 14.3. The predicted octanol–water partition coefficient (Wildman–Crippen LogP) is 4.18. The first-order valence-electron chi connectivity index (χ1n) is 9.80. The lowest BCUT2D eigenvalue weighted by atomic mass is 10.1. The molecule has 7 nitrogen and oxygen atoms in total. The maximum absolute atomic E-state index is 6.04. The van der Waals surface area contributed by atoms with Crippen LogP contribution in [-0.2, 0) is 0 Å². The third-order valence-electron chi connectivity index (χ3n) is 5.24. The first kappa shape index (κ1) is 17.6. The number of nitrogens with zero attached hydrogens (tertiary/aromatic N) is 5. The number of ether oxygens (including phenoxy) is 2. The van der Waals surface area contributed by atoms with E-state index in [1.165, 1.54) is 12.8 Å². The highest BCUT2D eigenvalue weighted by atomic mass is 16.5. The van der Waals surface area contributed by atoms with Crippen LogP contribution in [0.3, 0.4) is 0 Å². The van der Waals surface area contributed by atoms with Gasteiger partial charge in [0.05, 0.1) is 25.1 Å². The second kappa shape index (κ2) is 7.50. The van der Waals surface area contributed by atoms with E-state index >= 15 is 0 Å². The Morgan fingerprint density at radius 2 is 1.55 bits per heavy atom. The first-order valence-corrected chi connectivity index (χ1v) is 9.80. The van der Waals surface area contributed by atoms with Gasteiger partial charge in [0.25, 0.3) is 5.78 Å². The Labute approximate surface area is 168 Å². The minimum absolute atomic E-state index is 0.344. The molecule has 0 atom stereocenters. The van der Waals surface area contributed by atoms with Crippen molar-refractivity contribution in [3.63, 3.8) is 0 Å². The summed E-state index contributed by atoms with van der Waals surface area (Å²) in [6.07, 6.45) is 6.86. The molecule has 1 saturated carbocycles. The summed E-state index contributed by atoms with van der Waals surface area (Å²) in [4.78, 5) is 4.59. The molecule has 1 aliphatic rings. The summed E-state index contributed by atoms with van der Waals surface area (Å²) in [5.41, 5.74) is 2.60. The van der Waals surface area contributed by atoms with Gasteiger partial charge in [-0.15, -0.1) is 10.2 Å². The van der Waals surface area contributed by atoms with E-state index < -0.39 is 0 Å². The second-order valence-electron chi connectivity index (χ2n) is 7.15. The molecule has 5 rings (SSSR count). The Hall–Kier alpha value is -3.48. The van der Waals surface area contributed by atoms with Gasteiger partial charge in [0.15, 0.2) is 5.82 Å². The van der Waals surface area contributed by atoms with Crippen molar-refractivity contribution < 1.29 is 9.47 Å². The lowest BCUT2D eigenvalue weighted by molar-refractivity contribution is 0.210. The van der Waals surface area contributed by atoms with Gasteiger partial charge in [-0.3, -0.25) is 0 Å². The largest absolute Gasteiger partial charge is 0.497 e. The van der Waals surface area contributed by atoms with Gasteiger partial charge in [0, 0.05) is 11.1 Å². The molecule has 2 aromatic carbocycles. The highest BCUT2D eigenvalue weighted by molar-refractivity contribution is 5.63. The van der Waals surface area contributed by atoms with Crippen LogP contribution in [0.2, 0.25) is 0 Å². The number of methoxy groups -OCH3 is 1. The van der Waals surface area contributed by atoms with Crippen molar-refractivity contribution in [2.75, 3.05) is 7.11 Å². The monoisotopic (exact) mass is 387 g/mol. The molecule has 7 heteroatoms. The fourth-order valence-electron chi connectivity index (χ4n) is 3.66. The van der Waals surface area contributed by atoms with Gasteiger partial charge >= 0.3 is 0 Å². The summed E-state index contributed by atoms with van der Waals surface area (Å²) < 4.78 is 12.9. The minimum atomic E-state index is 0.344. The summed E-state index contributed by atoms with van der Waals surface area (Å²) >= 11 is 0. The molecule has 0 unspecified atom stereocenters. The summed E-state index contributed by atoms with van der Waals surface area (Å²) in [6.45, 7) is 0. The number of hydrogen-bond acceptors (Lipinski definition) is 6. The Morgan fingerprint density at radius 1 is 0.862 bits per heavy atom. The molecule has 146 valence electrons. The molecule has 2 heterocycles. The molecule has 1 fully saturated rings. The summed E-state index contributed by atoms with van der Waals surface area (Å²) in [5, 5.41) is 13.0. The standard InChI is InChI=1S/C22H21N5O2/c1-28-17-10-6-15(7-11-17)20-14-23-27-21(25-26-22(27)24-20)16-8-12-19(13-9-16)29-18-4-2-3-5-18/h6-14,18H,2-5H2,1H3. The number of fused-ring (bicyclic) bond motifs is 1. The molecule has 4 aromatic rings. The fraction of sp³-hybridized carbons (Fsp3) is 0.273. The van der Waals surface area contributed by atoms with Crippen LogP contribution >= 0.6 is 0 Å². The van der Waals surface area contributed by atoms with Crippen LogP contribution in [0.5, 0.6) is 11.5 Å². The van der Waals surface area contributed by atoms with Gasteiger partial charge in [-0.25, -0.2) is 4.98 Å². The van der Waals surface area contributed by atoms with E-state index in [2.05, 4.69) is 20.3 Å². The van der Waals surface area contributed by atoms with Crippen LogP contribution in [0.25, 0.3) is 28.4 Å². The summed E-state index contributed by atoms with van der Waals surface area (Å²) in [7, 11) is 1.64. The van der Waals surface area contributed by atoms with E-state index in [1.807, 2.05) is 48.5 Å². The molecule has 0 N–H and O–H groups in total. The molecule has 0 aliphatic heterocycles. The molecule has 29 heavy (non-hydrogen) atoms. The van der Waals surface area contributed by atoms with Crippen LogP contribution in [0, 0.1) is 0 Å². The average Bonchev–Trinajstić information content (AvgIpc) is 3.44. The molecule has 0 spiro atoms. The highest BCUT2D eigenvalue weighted by Gasteiger charge is 2.17. The normalized spacial score (nSPS) is 14.4. The zero-order valence-electron chi connectivity index (χ0n) is 16.2. The average molecular weight is 387 g/mol. The van der Waals surface area contributed by atoms with E-state index in [0.717, 1.165) is 41.2 Å². The highest BCUT2D eigenvalue weighted by Crippen LogP contribution is 2.27. The second-order valence-corrected chi connectivity index (χ2v) is 7.15. The molecular formula is C22H21N5O2. The zero-order chi connectivity index (χ0) is 19.6. The number of aromatic nitrogens is 5. The Balaban J connectivity index is 1.40. The van der Waals surface area contributed by atoms with Gasteiger partial charge in [-0.05, 0) is 74.2 Å². The van der Waals surface area contributed by atoms with Gasteiger partial charge in [0.1, 0.15) is 11.5 Å². The SMILES string of the molecule is COc1ccc(-c2cnn3c(-c4ccc(OC5CCCC5)cc4)nnc3n2)cc1. The molecular weight excluding hydrogens is 366 g/mol. The van der Waals surface area contributed by atoms with E-state index in [1.54, 1.807) is 17.8 Å². The maximum Gasteiger partial charge on any atom is 0.272 e. The van der Waals surface area contributed by atoms with Crippen LogP contribution < -0.4 is 9.47 Å². The third kappa shape index (κ3) is 3.51. The predicted molar refractivity (Wildman–Crippen MR) is 109 cm³/mol. The number of rotatable bonds is 5. The topological polar surface area (TPSA) is 74.4 Å². The third-order valence-corrected chi connectivity index (χ3v) is 5.24. The van der Waals surface area contributed by atoms with Crippen molar-refractivity contribution in [3.05, 3.63) is 54.7 Å². The van der Waals surface area contributed by atoms with Crippen molar-refractivity contribution >= 4 is 5.78 Å². The quantitative estimate of drug-likeness (QED) is 0.511. The number of hydrogen-bond donors (Lipinski definition) is 0. The smallest absolute Gasteiger partial charge is 0.272 e. The van der Waals surface area contributed by atoms with Crippen molar-refractivity contribution in [1.82, 2.24) is 24.8 Å². The number of benzene rings is 2. The molecule has 1 aliphatic carbocycles. The van der Waals surface area contributed by atoms with E-state index in [0.29, 0.717) is 17.7 Å². The maximum atomic E-state index is 6.04. The molecule has 0 radical (unpaired) electrons. The Morgan fingerprint density at radius 3 is 2.28 bits per heavy atom. The van der Waals surface area contributed by atoms with Crippen molar-refractivity contribution in [3.8, 4) is 34.1 Å². The summed E-state index contributed by atoms with van der Waals surface area (Å²) in [5.74, 6) is 2.80. The Kier molecular flexibility index (Phi) is 4.56. The van der Waals surface area contributed by atoms with Crippen molar-refractivity contribution in [2.45, 2.75) is 31.8 Å². The van der Waals surface area contributed by atoms with E-state index in [9.17, 15) is 0 Å². The van der Waals surface area contributed by atoms with Crippen LogP contribution in [0.15, 0.2) is 54.7 Å². The van der Waals surface area contributed by atoms with Crippen molar-refractivity contribution in [1.29, 1.82) is 0 Å². The van der Waals surface area contributed by atoms with Gasteiger partial charge in [0.2, 0.25) is 0 Å². The lowest BCUT2D eigenvalue weighted by Crippen LogP contribution is -2.10. The van der Waals surface area contributed by atoms with Crippen molar-refractivity contribution in [2.24, 2.45) is 0 Å².